The van der Waals surface area contributed by atoms with Gasteiger partial charge in [-0.3, -0.25) is 14.4 Å². The van der Waals surface area contributed by atoms with Crippen LogP contribution < -0.4 is 0 Å². The fraction of sp³-hybridized carbons (Fsp3) is 0.831. The first-order valence-corrected chi connectivity index (χ1v) is 31.1. The van der Waals surface area contributed by atoms with Crippen molar-refractivity contribution in [3.05, 3.63) is 48.6 Å². The first-order valence-electron chi connectivity index (χ1n) is 31.1. The quantitative estimate of drug-likeness (QED) is 0.0261. The Hall–Kier alpha value is -2.63. The minimum atomic E-state index is -0.793. The average molecular weight is 996 g/mol. The zero-order chi connectivity index (χ0) is 51.4. The van der Waals surface area contributed by atoms with Gasteiger partial charge in [-0.25, -0.2) is 0 Å². The number of unbranched alkanes of at least 4 members (excludes halogenated alkanes) is 38. The fourth-order valence-corrected chi connectivity index (χ4v) is 9.10. The van der Waals surface area contributed by atoms with Gasteiger partial charge in [0, 0.05) is 19.3 Å². The lowest BCUT2D eigenvalue weighted by Crippen LogP contribution is -2.30. The van der Waals surface area contributed by atoms with Crippen molar-refractivity contribution in [1.29, 1.82) is 0 Å². The molecule has 6 heteroatoms. The Labute approximate surface area is 441 Å². The fourth-order valence-electron chi connectivity index (χ4n) is 9.10. The highest BCUT2D eigenvalue weighted by Gasteiger charge is 2.19. The summed E-state index contributed by atoms with van der Waals surface area (Å²) < 4.78 is 16.9. The van der Waals surface area contributed by atoms with Crippen LogP contribution in [-0.4, -0.2) is 37.2 Å². The molecular formula is C65H118O6. The van der Waals surface area contributed by atoms with E-state index in [2.05, 4.69) is 69.4 Å². The number of carbonyl (C=O) groups excluding carboxylic acids is 3. The van der Waals surface area contributed by atoms with Crippen LogP contribution in [0, 0.1) is 0 Å². The highest BCUT2D eigenvalue weighted by molar-refractivity contribution is 5.71. The molecule has 1 atom stereocenters. The van der Waals surface area contributed by atoms with Crippen LogP contribution in [0.15, 0.2) is 48.6 Å². The number of esters is 3. The number of hydrogen-bond donors (Lipinski definition) is 0. The summed E-state index contributed by atoms with van der Waals surface area (Å²) in [4.78, 5) is 38.2. The molecule has 0 aromatic carbocycles. The van der Waals surface area contributed by atoms with Gasteiger partial charge in [-0.1, -0.05) is 281 Å². The number of carbonyl (C=O) groups is 3. The Balaban J connectivity index is 4.41. The van der Waals surface area contributed by atoms with Gasteiger partial charge in [0.1, 0.15) is 13.2 Å². The van der Waals surface area contributed by atoms with Gasteiger partial charge in [0.2, 0.25) is 0 Å². The van der Waals surface area contributed by atoms with E-state index in [-0.39, 0.29) is 31.1 Å². The van der Waals surface area contributed by atoms with Crippen LogP contribution in [0.5, 0.6) is 0 Å². The van der Waals surface area contributed by atoms with Gasteiger partial charge in [-0.05, 0) is 77.0 Å². The molecule has 0 radical (unpaired) electrons. The summed E-state index contributed by atoms with van der Waals surface area (Å²) in [6.07, 6.45) is 74.0. The topological polar surface area (TPSA) is 78.9 Å². The molecule has 0 amide bonds. The standard InChI is InChI=1S/C65H118O6/c1-4-7-10-13-16-19-22-25-28-31-32-35-38-41-44-47-50-53-56-59-65(68)71-62(60-69-63(66)57-54-51-48-45-42-39-36-33-29-26-23-20-17-14-11-8-5-2)61-70-64(67)58-55-52-49-46-43-40-37-34-30-27-24-21-18-15-12-9-6-3/h26-27,29-30,36,39,45,48,62H,4-25,28,31-35,37-38,40-44,46-47,49-61H2,1-3H3/b29-26-,30-27-,39-36-,48-45-/t62-/m1/s1. The van der Waals surface area contributed by atoms with E-state index < -0.39 is 6.10 Å². The zero-order valence-corrected chi connectivity index (χ0v) is 47.5. The van der Waals surface area contributed by atoms with Crippen LogP contribution in [0.25, 0.3) is 0 Å². The van der Waals surface area contributed by atoms with E-state index in [4.69, 9.17) is 14.2 Å². The van der Waals surface area contributed by atoms with Crippen LogP contribution in [0.3, 0.4) is 0 Å². The van der Waals surface area contributed by atoms with E-state index >= 15 is 0 Å². The van der Waals surface area contributed by atoms with Crippen LogP contribution >= 0.6 is 0 Å². The predicted molar refractivity (Wildman–Crippen MR) is 307 cm³/mol. The summed E-state index contributed by atoms with van der Waals surface area (Å²) in [5, 5.41) is 0. The predicted octanol–water partition coefficient (Wildman–Crippen LogP) is 21.0. The van der Waals surface area contributed by atoms with E-state index in [0.29, 0.717) is 25.7 Å². The van der Waals surface area contributed by atoms with Gasteiger partial charge < -0.3 is 14.2 Å². The number of hydrogen-bond acceptors (Lipinski definition) is 6. The minimum Gasteiger partial charge on any atom is -0.462 e. The third-order valence-electron chi connectivity index (χ3n) is 13.8. The molecule has 0 rings (SSSR count). The summed E-state index contributed by atoms with van der Waals surface area (Å²) in [5.74, 6) is -0.927. The Morgan fingerprint density at radius 2 is 0.521 bits per heavy atom. The van der Waals surface area contributed by atoms with Crippen LogP contribution in [-0.2, 0) is 28.6 Å². The molecule has 0 saturated heterocycles. The smallest absolute Gasteiger partial charge is 0.306 e. The summed E-state index contributed by atoms with van der Waals surface area (Å²) in [7, 11) is 0. The zero-order valence-electron chi connectivity index (χ0n) is 47.5. The Bertz CT molecular complexity index is 1230. The number of ether oxygens (including phenoxy) is 3. The first kappa shape index (κ1) is 68.4. The highest BCUT2D eigenvalue weighted by Crippen LogP contribution is 2.17. The van der Waals surface area contributed by atoms with E-state index in [9.17, 15) is 14.4 Å². The molecule has 414 valence electrons. The third-order valence-corrected chi connectivity index (χ3v) is 13.8. The van der Waals surface area contributed by atoms with Crippen molar-refractivity contribution in [2.24, 2.45) is 0 Å². The molecule has 0 N–H and O–H groups in total. The van der Waals surface area contributed by atoms with Crippen molar-refractivity contribution in [2.75, 3.05) is 13.2 Å². The molecule has 0 aliphatic carbocycles. The molecule has 0 aromatic heterocycles. The van der Waals surface area contributed by atoms with Gasteiger partial charge in [0.05, 0.1) is 0 Å². The second-order valence-corrected chi connectivity index (χ2v) is 21.0. The molecule has 0 aliphatic rings. The minimum absolute atomic E-state index is 0.0877. The van der Waals surface area contributed by atoms with Crippen molar-refractivity contribution in [2.45, 2.75) is 335 Å². The molecule has 6 nitrogen and oxygen atoms in total. The summed E-state index contributed by atoms with van der Waals surface area (Å²) >= 11 is 0. The largest absolute Gasteiger partial charge is 0.462 e. The molecule has 0 aromatic rings. The average Bonchev–Trinajstić information content (AvgIpc) is 3.37. The Kier molecular flexibility index (Phi) is 57.7. The Morgan fingerprint density at radius 3 is 0.859 bits per heavy atom. The van der Waals surface area contributed by atoms with Crippen molar-refractivity contribution in [3.8, 4) is 0 Å². The summed E-state index contributed by atoms with van der Waals surface area (Å²) in [5.41, 5.74) is 0. The Morgan fingerprint density at radius 1 is 0.282 bits per heavy atom. The van der Waals surface area contributed by atoms with E-state index in [0.717, 1.165) is 57.8 Å². The van der Waals surface area contributed by atoms with Gasteiger partial charge >= 0.3 is 17.9 Å². The molecule has 0 fully saturated rings. The van der Waals surface area contributed by atoms with E-state index in [1.54, 1.807) is 0 Å². The molecular weight excluding hydrogens is 877 g/mol. The van der Waals surface area contributed by atoms with Crippen molar-refractivity contribution >= 4 is 17.9 Å². The molecule has 0 heterocycles. The van der Waals surface area contributed by atoms with Gasteiger partial charge in [-0.15, -0.1) is 0 Å². The monoisotopic (exact) mass is 995 g/mol. The van der Waals surface area contributed by atoms with Crippen molar-refractivity contribution < 1.29 is 28.6 Å². The molecule has 0 aliphatic heterocycles. The van der Waals surface area contributed by atoms with Crippen LogP contribution in [0.1, 0.15) is 329 Å². The summed E-state index contributed by atoms with van der Waals surface area (Å²) in [6, 6.07) is 0. The second-order valence-electron chi connectivity index (χ2n) is 21.0. The van der Waals surface area contributed by atoms with Crippen molar-refractivity contribution in [1.82, 2.24) is 0 Å². The van der Waals surface area contributed by atoms with Gasteiger partial charge in [0.25, 0.3) is 0 Å². The highest BCUT2D eigenvalue weighted by atomic mass is 16.6. The van der Waals surface area contributed by atoms with Crippen molar-refractivity contribution in [3.63, 3.8) is 0 Å². The normalized spacial score (nSPS) is 12.3. The maximum Gasteiger partial charge on any atom is 0.306 e. The van der Waals surface area contributed by atoms with Crippen LogP contribution in [0.4, 0.5) is 0 Å². The maximum atomic E-state index is 12.9. The van der Waals surface area contributed by atoms with E-state index in [1.165, 1.54) is 225 Å². The third kappa shape index (κ3) is 58.1. The lowest BCUT2D eigenvalue weighted by molar-refractivity contribution is -0.167. The molecule has 0 saturated carbocycles. The van der Waals surface area contributed by atoms with Crippen LogP contribution in [0.2, 0.25) is 0 Å². The first-order chi connectivity index (χ1) is 35.0. The van der Waals surface area contributed by atoms with Gasteiger partial charge in [-0.2, -0.15) is 0 Å². The molecule has 0 spiro atoms. The molecule has 0 bridgehead atoms. The second kappa shape index (κ2) is 59.9. The molecule has 71 heavy (non-hydrogen) atoms. The van der Waals surface area contributed by atoms with E-state index in [1.807, 2.05) is 0 Å². The lowest BCUT2D eigenvalue weighted by Gasteiger charge is -2.18. The molecule has 0 unspecified atom stereocenters. The van der Waals surface area contributed by atoms with Gasteiger partial charge in [0.15, 0.2) is 6.10 Å². The number of allylic oxidation sites excluding steroid dienone is 8. The SMILES string of the molecule is CCCCCCCC/C=C\C/C=C\C/C=C\CCCC(=O)OC[C@H](COC(=O)CCCCCCCCC/C=C\CCCCCCCC)OC(=O)CCCCCCCCCCCCCCCCCCCCC. The maximum absolute atomic E-state index is 12.9. The summed E-state index contributed by atoms with van der Waals surface area (Å²) in [6.45, 7) is 6.63. The number of rotatable bonds is 57. The lowest BCUT2D eigenvalue weighted by atomic mass is 10.0.